The van der Waals surface area contributed by atoms with Crippen molar-refractivity contribution >= 4 is 39.0 Å². The van der Waals surface area contributed by atoms with Gasteiger partial charge in [-0.1, -0.05) is 30.0 Å². The van der Waals surface area contributed by atoms with Gasteiger partial charge in [0.2, 0.25) is 15.9 Å². The summed E-state index contributed by atoms with van der Waals surface area (Å²) >= 11 is 1.35. The highest BCUT2D eigenvalue weighted by Gasteiger charge is 2.22. The van der Waals surface area contributed by atoms with Crippen LogP contribution in [0.3, 0.4) is 0 Å². The van der Waals surface area contributed by atoms with Crippen LogP contribution in [0.5, 0.6) is 5.75 Å². The summed E-state index contributed by atoms with van der Waals surface area (Å²) in [5.41, 5.74) is 2.73. The van der Waals surface area contributed by atoms with Crippen LogP contribution in [0.4, 0.5) is 5.69 Å². The summed E-state index contributed by atoms with van der Waals surface area (Å²) in [5.74, 6) is 1.39. The van der Waals surface area contributed by atoms with Gasteiger partial charge >= 0.3 is 0 Å². The van der Waals surface area contributed by atoms with Gasteiger partial charge in [0.25, 0.3) is 0 Å². The van der Waals surface area contributed by atoms with Crippen LogP contribution < -0.4 is 14.4 Å². The third-order valence-electron chi connectivity index (χ3n) is 6.07. The van der Waals surface area contributed by atoms with Crippen molar-refractivity contribution in [1.82, 2.24) is 24.5 Å². The molecule has 0 saturated carbocycles. The number of aromatic nitrogens is 4. The summed E-state index contributed by atoms with van der Waals surface area (Å²) in [6.07, 6.45) is 2.23. The molecule has 2 aromatic carbocycles. The maximum Gasteiger partial charge on any atom is 0.240 e. The molecule has 0 aliphatic carbocycles. The molecule has 2 aromatic heterocycles. The monoisotopic (exact) mass is 538 g/mol. The van der Waals surface area contributed by atoms with E-state index in [2.05, 4.69) is 26.1 Å². The Morgan fingerprint density at radius 2 is 1.89 bits per heavy atom. The number of carbonyl (C=O) groups excluding carboxylic acids is 1. The Balaban J connectivity index is 1.22. The summed E-state index contributed by atoms with van der Waals surface area (Å²) in [6.45, 7) is 0.839. The van der Waals surface area contributed by atoms with Crippen molar-refractivity contribution in [2.75, 3.05) is 30.9 Å². The number of hydrogen-bond donors (Lipinski definition) is 1. The molecule has 0 fully saturated rings. The number of carbonyl (C=O) groups is 1. The number of methoxy groups -OCH3 is 1. The van der Waals surface area contributed by atoms with Gasteiger partial charge in [0.05, 0.1) is 17.8 Å². The number of aryl methyl sites for hydroxylation is 1. The first kappa shape index (κ1) is 25.2. The predicted molar refractivity (Wildman–Crippen MR) is 141 cm³/mol. The molecule has 0 bridgehead atoms. The molecule has 3 heterocycles. The van der Waals surface area contributed by atoms with Crippen molar-refractivity contribution < 1.29 is 17.9 Å². The second-order valence-corrected chi connectivity index (χ2v) is 11.2. The standard InChI is InChI=1S/C25H26N6O4S2/c1-35-19-8-10-20(11-9-19)37(33,34)26-15-14-23-28-27-22-12-13-24(29-31(22)23)36-17-25(32)30-16-4-6-18-5-2-3-7-21(18)30/h2-3,5,7-13,26H,4,6,14-17H2,1H3. The quantitative estimate of drug-likeness (QED) is 0.323. The van der Waals surface area contributed by atoms with Crippen LogP contribution in [0.2, 0.25) is 0 Å². The first-order chi connectivity index (χ1) is 17.9. The average Bonchev–Trinajstić information content (AvgIpc) is 3.33. The van der Waals surface area contributed by atoms with E-state index in [4.69, 9.17) is 4.74 Å². The molecule has 0 radical (unpaired) electrons. The summed E-state index contributed by atoms with van der Waals surface area (Å²) in [7, 11) is -2.16. The van der Waals surface area contributed by atoms with Gasteiger partial charge in [0.15, 0.2) is 11.5 Å². The molecule has 10 nitrogen and oxygen atoms in total. The fourth-order valence-electron chi connectivity index (χ4n) is 4.19. The van der Waals surface area contributed by atoms with E-state index in [9.17, 15) is 13.2 Å². The van der Waals surface area contributed by atoms with E-state index in [1.807, 2.05) is 29.2 Å². The van der Waals surface area contributed by atoms with Crippen molar-refractivity contribution in [3.05, 3.63) is 72.1 Å². The summed E-state index contributed by atoms with van der Waals surface area (Å²) < 4.78 is 34.4. The molecule has 1 aliphatic heterocycles. The molecular weight excluding hydrogens is 512 g/mol. The average molecular weight is 539 g/mol. The Labute approximate surface area is 219 Å². The van der Waals surface area contributed by atoms with Crippen LogP contribution in [-0.4, -0.2) is 60.1 Å². The van der Waals surface area contributed by atoms with Crippen LogP contribution in [0.15, 0.2) is 70.6 Å². The predicted octanol–water partition coefficient (Wildman–Crippen LogP) is 2.73. The van der Waals surface area contributed by atoms with Crippen molar-refractivity contribution in [1.29, 1.82) is 0 Å². The third kappa shape index (κ3) is 5.60. The van der Waals surface area contributed by atoms with Gasteiger partial charge < -0.3 is 9.64 Å². The molecule has 12 heteroatoms. The largest absolute Gasteiger partial charge is 0.497 e. The maximum atomic E-state index is 13.0. The zero-order chi connectivity index (χ0) is 25.8. The molecule has 0 saturated heterocycles. The minimum atomic E-state index is -3.68. The minimum absolute atomic E-state index is 0.0379. The number of anilines is 1. The number of ether oxygens (including phenoxy) is 1. The number of sulfonamides is 1. The third-order valence-corrected chi connectivity index (χ3v) is 8.45. The lowest BCUT2D eigenvalue weighted by atomic mass is 10.0. The van der Waals surface area contributed by atoms with Crippen LogP contribution in [-0.2, 0) is 27.7 Å². The Kier molecular flexibility index (Phi) is 7.40. The molecule has 0 unspecified atom stereocenters. The van der Waals surface area contributed by atoms with Crippen LogP contribution in [0, 0.1) is 0 Å². The first-order valence-corrected chi connectivity index (χ1v) is 14.3. The Morgan fingerprint density at radius 3 is 2.70 bits per heavy atom. The molecule has 192 valence electrons. The van der Waals surface area contributed by atoms with E-state index in [-0.39, 0.29) is 23.1 Å². The second-order valence-electron chi connectivity index (χ2n) is 8.45. The number of rotatable bonds is 9. The van der Waals surface area contributed by atoms with E-state index < -0.39 is 10.0 Å². The molecule has 1 N–H and O–H groups in total. The number of amides is 1. The molecule has 1 aliphatic rings. The van der Waals surface area contributed by atoms with Crippen LogP contribution in [0.25, 0.3) is 5.65 Å². The zero-order valence-corrected chi connectivity index (χ0v) is 21.8. The Bertz CT molecular complexity index is 1520. The van der Waals surface area contributed by atoms with E-state index >= 15 is 0 Å². The number of para-hydroxylation sites is 1. The number of fused-ring (bicyclic) bond motifs is 2. The SMILES string of the molecule is COc1ccc(S(=O)(=O)NCCc2nnc3ccc(SCC(=O)N4CCCc5ccccc54)nn23)cc1. The molecular formula is C25H26N6O4S2. The molecule has 4 aromatic rings. The van der Waals surface area contributed by atoms with Gasteiger partial charge in [-0.3, -0.25) is 4.79 Å². The van der Waals surface area contributed by atoms with Gasteiger partial charge in [0.1, 0.15) is 10.8 Å². The fourth-order valence-corrected chi connectivity index (χ4v) is 5.95. The number of nitrogens with one attached hydrogen (secondary N) is 1. The Hall–Kier alpha value is -3.48. The normalized spacial score (nSPS) is 13.5. The molecule has 5 rings (SSSR count). The van der Waals surface area contributed by atoms with Gasteiger partial charge in [-0.25, -0.2) is 13.1 Å². The highest BCUT2D eigenvalue weighted by molar-refractivity contribution is 7.99. The highest BCUT2D eigenvalue weighted by Crippen LogP contribution is 2.28. The van der Waals surface area contributed by atoms with E-state index in [0.717, 1.165) is 18.5 Å². The van der Waals surface area contributed by atoms with Gasteiger partial charge in [0, 0.05) is 25.2 Å². The van der Waals surface area contributed by atoms with Crippen molar-refractivity contribution in [2.45, 2.75) is 29.2 Å². The summed E-state index contributed by atoms with van der Waals surface area (Å²) in [4.78, 5) is 15.0. The van der Waals surface area contributed by atoms with Crippen LogP contribution in [0.1, 0.15) is 17.8 Å². The highest BCUT2D eigenvalue weighted by atomic mass is 32.2. The lowest BCUT2D eigenvalue weighted by Gasteiger charge is -2.29. The summed E-state index contributed by atoms with van der Waals surface area (Å²) in [5, 5.41) is 13.5. The summed E-state index contributed by atoms with van der Waals surface area (Å²) in [6, 6.07) is 17.8. The van der Waals surface area contributed by atoms with Crippen LogP contribution >= 0.6 is 11.8 Å². The van der Waals surface area contributed by atoms with Crippen molar-refractivity contribution in [3.8, 4) is 5.75 Å². The smallest absolute Gasteiger partial charge is 0.240 e. The zero-order valence-electron chi connectivity index (χ0n) is 20.2. The van der Waals surface area contributed by atoms with Crippen molar-refractivity contribution in [3.63, 3.8) is 0 Å². The first-order valence-electron chi connectivity index (χ1n) is 11.8. The lowest BCUT2D eigenvalue weighted by molar-refractivity contribution is -0.116. The van der Waals surface area contributed by atoms with E-state index in [1.165, 1.54) is 36.6 Å². The topological polar surface area (TPSA) is 119 Å². The maximum absolute atomic E-state index is 13.0. The fraction of sp³-hybridized carbons (Fsp3) is 0.280. The lowest BCUT2D eigenvalue weighted by Crippen LogP contribution is -2.36. The van der Waals surface area contributed by atoms with Gasteiger partial charge in [-0.05, 0) is 60.9 Å². The molecule has 0 atom stereocenters. The number of nitrogens with zero attached hydrogens (tertiary/aromatic N) is 5. The molecule has 37 heavy (non-hydrogen) atoms. The van der Waals surface area contributed by atoms with Gasteiger partial charge in [-0.2, -0.15) is 9.61 Å². The van der Waals surface area contributed by atoms with Crippen molar-refractivity contribution in [2.24, 2.45) is 0 Å². The molecule has 1 amide bonds. The van der Waals surface area contributed by atoms with E-state index in [0.29, 0.717) is 35.2 Å². The Morgan fingerprint density at radius 1 is 1.08 bits per heavy atom. The van der Waals surface area contributed by atoms with Gasteiger partial charge in [-0.15, -0.1) is 10.2 Å². The second kappa shape index (κ2) is 10.9. The number of hydrogen-bond acceptors (Lipinski definition) is 8. The number of benzene rings is 2. The molecule has 0 spiro atoms. The minimum Gasteiger partial charge on any atom is -0.497 e. The van der Waals surface area contributed by atoms with E-state index in [1.54, 1.807) is 22.7 Å². The number of thioether (sulfide) groups is 1.